The average molecular weight is 277 g/mol. The second kappa shape index (κ2) is 5.00. The van der Waals surface area contributed by atoms with Crippen LogP contribution < -0.4 is 4.90 Å². The fourth-order valence-electron chi connectivity index (χ4n) is 2.01. The number of alkyl halides is 3. The minimum absolute atomic E-state index is 0.0516. The van der Waals surface area contributed by atoms with E-state index in [2.05, 4.69) is 0 Å². The Bertz CT molecular complexity index is 454. The lowest BCUT2D eigenvalue weighted by atomic mass is 10.1. The Labute approximate surface area is 108 Å². The zero-order chi connectivity index (χ0) is 14.2. The first-order chi connectivity index (χ1) is 8.78. The first kappa shape index (κ1) is 14.1. The van der Waals surface area contributed by atoms with Crippen molar-refractivity contribution in [2.75, 3.05) is 11.4 Å². The van der Waals surface area contributed by atoms with Crippen LogP contribution in [-0.4, -0.2) is 23.9 Å². The van der Waals surface area contributed by atoms with Gasteiger partial charge in [-0.25, -0.2) is 4.39 Å². The molecule has 0 bridgehead atoms. The summed E-state index contributed by atoms with van der Waals surface area (Å²) in [7, 11) is 0. The third-order valence-corrected chi connectivity index (χ3v) is 3.10. The molecule has 1 aliphatic carbocycles. The fraction of sp³-hybridized carbons (Fsp3) is 0.538. The number of hydrogen-bond donors (Lipinski definition) is 1. The van der Waals surface area contributed by atoms with E-state index in [1.807, 2.05) is 0 Å². The predicted molar refractivity (Wildman–Crippen MR) is 63.5 cm³/mol. The Morgan fingerprint density at radius 2 is 2.00 bits per heavy atom. The molecule has 2 nitrogen and oxygen atoms in total. The molecular weight excluding hydrogens is 262 g/mol. The first-order valence-electron chi connectivity index (χ1n) is 6.09. The Hall–Kier alpha value is -1.30. The number of hydrogen-bond acceptors (Lipinski definition) is 2. The van der Waals surface area contributed by atoms with Crippen LogP contribution in [0.3, 0.4) is 0 Å². The van der Waals surface area contributed by atoms with Gasteiger partial charge in [0.15, 0.2) is 0 Å². The van der Waals surface area contributed by atoms with E-state index in [1.54, 1.807) is 0 Å². The van der Waals surface area contributed by atoms with Gasteiger partial charge in [-0.15, -0.1) is 0 Å². The van der Waals surface area contributed by atoms with Gasteiger partial charge in [0, 0.05) is 6.04 Å². The Morgan fingerprint density at radius 1 is 1.37 bits per heavy atom. The molecule has 0 heterocycles. The molecule has 1 N–H and O–H groups in total. The molecule has 1 aromatic rings. The summed E-state index contributed by atoms with van der Waals surface area (Å²) in [4.78, 5) is 1.06. The number of anilines is 1. The van der Waals surface area contributed by atoms with Crippen molar-refractivity contribution in [1.82, 2.24) is 0 Å². The van der Waals surface area contributed by atoms with Crippen molar-refractivity contribution < 1.29 is 22.7 Å². The lowest BCUT2D eigenvalue weighted by molar-refractivity contribution is -0.120. The van der Waals surface area contributed by atoms with Crippen molar-refractivity contribution in [1.29, 1.82) is 0 Å². The molecule has 1 fully saturated rings. The van der Waals surface area contributed by atoms with E-state index < -0.39 is 24.6 Å². The Morgan fingerprint density at radius 3 is 2.42 bits per heavy atom. The largest absolute Gasteiger partial charge is 0.405 e. The minimum Gasteiger partial charge on any atom is -0.389 e. The molecular formula is C13H15F4NO. The van der Waals surface area contributed by atoms with Gasteiger partial charge >= 0.3 is 6.18 Å². The highest BCUT2D eigenvalue weighted by molar-refractivity contribution is 5.51. The summed E-state index contributed by atoms with van der Waals surface area (Å²) in [5.41, 5.74) is 0.299. The summed E-state index contributed by atoms with van der Waals surface area (Å²) in [6.45, 7) is 0.325. The number of aliphatic hydroxyl groups is 1. The van der Waals surface area contributed by atoms with Gasteiger partial charge in [-0.1, -0.05) is 6.07 Å². The van der Waals surface area contributed by atoms with Crippen molar-refractivity contribution in [3.05, 3.63) is 29.6 Å². The fourth-order valence-corrected chi connectivity index (χ4v) is 2.01. The maximum atomic E-state index is 13.9. The number of benzene rings is 1. The zero-order valence-corrected chi connectivity index (χ0v) is 10.4. The quantitative estimate of drug-likeness (QED) is 0.852. The molecule has 106 valence electrons. The van der Waals surface area contributed by atoms with Crippen LogP contribution in [-0.2, 0) is 0 Å². The van der Waals surface area contributed by atoms with E-state index >= 15 is 0 Å². The zero-order valence-electron chi connectivity index (χ0n) is 10.4. The van der Waals surface area contributed by atoms with E-state index in [0.29, 0.717) is 18.4 Å². The molecule has 0 saturated heterocycles. The molecule has 6 heteroatoms. The van der Waals surface area contributed by atoms with Gasteiger partial charge in [-0.2, -0.15) is 13.2 Å². The van der Waals surface area contributed by atoms with Gasteiger partial charge in [0.05, 0.1) is 11.8 Å². The molecule has 0 aliphatic heterocycles. The van der Waals surface area contributed by atoms with Crippen molar-refractivity contribution in [2.24, 2.45) is 0 Å². The number of aliphatic hydroxyl groups excluding tert-OH is 1. The summed E-state index contributed by atoms with van der Waals surface area (Å²) in [6.07, 6.45) is -3.92. The highest BCUT2D eigenvalue weighted by Gasteiger charge is 2.39. The second-order valence-corrected chi connectivity index (χ2v) is 4.86. The van der Waals surface area contributed by atoms with E-state index in [4.69, 9.17) is 0 Å². The first-order valence-corrected chi connectivity index (χ1v) is 6.09. The lowest BCUT2D eigenvalue weighted by Crippen LogP contribution is -2.36. The van der Waals surface area contributed by atoms with Crippen LogP contribution in [0, 0.1) is 5.82 Å². The highest BCUT2D eigenvalue weighted by atomic mass is 19.4. The van der Waals surface area contributed by atoms with Crippen LogP contribution in [0.5, 0.6) is 0 Å². The molecule has 19 heavy (non-hydrogen) atoms. The van der Waals surface area contributed by atoms with E-state index in [1.165, 1.54) is 19.1 Å². The molecule has 1 unspecified atom stereocenters. The van der Waals surface area contributed by atoms with Crippen LogP contribution in [0.25, 0.3) is 0 Å². The van der Waals surface area contributed by atoms with Gasteiger partial charge < -0.3 is 10.0 Å². The summed E-state index contributed by atoms with van der Waals surface area (Å²) >= 11 is 0. The molecule has 2 rings (SSSR count). The molecule has 1 aliphatic rings. The lowest BCUT2D eigenvalue weighted by Gasteiger charge is -2.26. The Kier molecular flexibility index (Phi) is 3.71. The van der Waals surface area contributed by atoms with Crippen LogP contribution in [0.2, 0.25) is 0 Å². The number of halogens is 4. The second-order valence-electron chi connectivity index (χ2n) is 4.86. The predicted octanol–water partition coefficient (Wildman–Crippen LogP) is 3.41. The van der Waals surface area contributed by atoms with E-state index in [9.17, 15) is 22.7 Å². The van der Waals surface area contributed by atoms with Gasteiger partial charge in [0.2, 0.25) is 0 Å². The molecule has 0 spiro atoms. The van der Waals surface area contributed by atoms with Crippen LogP contribution in [0.1, 0.15) is 31.4 Å². The summed E-state index contributed by atoms with van der Waals surface area (Å²) < 4.78 is 51.4. The number of nitrogens with zero attached hydrogens (tertiary/aromatic N) is 1. The van der Waals surface area contributed by atoms with Gasteiger partial charge in [-0.05, 0) is 37.5 Å². The third-order valence-electron chi connectivity index (χ3n) is 3.10. The molecule has 0 radical (unpaired) electrons. The summed E-state index contributed by atoms with van der Waals surface area (Å²) in [5, 5.41) is 9.33. The van der Waals surface area contributed by atoms with Crippen molar-refractivity contribution in [3.8, 4) is 0 Å². The summed E-state index contributed by atoms with van der Waals surface area (Å²) in [5.74, 6) is -0.727. The molecule has 1 saturated carbocycles. The van der Waals surface area contributed by atoms with Crippen molar-refractivity contribution >= 4 is 5.69 Å². The molecule has 0 aromatic heterocycles. The van der Waals surface area contributed by atoms with Crippen molar-refractivity contribution in [3.63, 3.8) is 0 Å². The summed E-state index contributed by atoms with van der Waals surface area (Å²) in [6, 6.07) is 3.61. The monoisotopic (exact) mass is 277 g/mol. The SMILES string of the molecule is CC(O)c1ccc(N(CC(F)(F)F)C2CC2)c(F)c1. The maximum Gasteiger partial charge on any atom is 0.405 e. The van der Waals surface area contributed by atoms with Gasteiger partial charge in [0.25, 0.3) is 0 Å². The van der Waals surface area contributed by atoms with Crippen LogP contribution in [0.4, 0.5) is 23.2 Å². The molecule has 1 atom stereocenters. The van der Waals surface area contributed by atoms with Crippen molar-refractivity contribution in [2.45, 2.75) is 38.1 Å². The molecule has 0 amide bonds. The average Bonchev–Trinajstić information content (AvgIpc) is 3.08. The van der Waals surface area contributed by atoms with Gasteiger partial charge in [0.1, 0.15) is 12.4 Å². The minimum atomic E-state index is -4.36. The normalized spacial score (nSPS) is 17.4. The Balaban J connectivity index is 2.27. The van der Waals surface area contributed by atoms with Crippen LogP contribution in [0.15, 0.2) is 18.2 Å². The number of rotatable bonds is 4. The topological polar surface area (TPSA) is 23.5 Å². The maximum absolute atomic E-state index is 13.9. The third kappa shape index (κ3) is 3.59. The van der Waals surface area contributed by atoms with E-state index in [-0.39, 0.29) is 11.7 Å². The van der Waals surface area contributed by atoms with Crippen LogP contribution >= 0.6 is 0 Å². The van der Waals surface area contributed by atoms with Gasteiger partial charge in [-0.3, -0.25) is 0 Å². The molecule has 1 aromatic carbocycles. The highest BCUT2D eigenvalue weighted by Crippen LogP contribution is 2.36. The standard InChI is InChI=1S/C13H15F4NO/c1-8(19)9-2-5-12(11(14)6-9)18(10-3-4-10)7-13(15,16)17/h2,5-6,8,10,19H,3-4,7H2,1H3. The smallest absolute Gasteiger partial charge is 0.389 e. The van der Waals surface area contributed by atoms with E-state index in [0.717, 1.165) is 11.0 Å².